The summed E-state index contributed by atoms with van der Waals surface area (Å²) in [6, 6.07) is 5.75. The van der Waals surface area contributed by atoms with Gasteiger partial charge in [0.15, 0.2) is 0 Å². The second-order valence-electron chi connectivity index (χ2n) is 4.37. The van der Waals surface area contributed by atoms with Crippen molar-refractivity contribution in [2.24, 2.45) is 0 Å². The molecule has 11 nitrogen and oxygen atoms in total. The maximum Gasteiger partial charge on any atom is 0.339 e. The molecule has 0 saturated heterocycles. The van der Waals surface area contributed by atoms with Gasteiger partial charge in [0.05, 0.1) is 32.6 Å². The molecule has 2 aromatic rings. The van der Waals surface area contributed by atoms with Crippen LogP contribution >= 0.6 is 0 Å². The van der Waals surface area contributed by atoms with E-state index in [2.05, 4.69) is 35.9 Å². The lowest BCUT2D eigenvalue weighted by Gasteiger charge is -2.11. The summed E-state index contributed by atoms with van der Waals surface area (Å²) in [4.78, 5) is 35.2. The van der Waals surface area contributed by atoms with Crippen LogP contribution in [0.1, 0.15) is 10.4 Å². The van der Waals surface area contributed by atoms with Crippen LogP contribution in [0.3, 0.4) is 0 Å². The van der Waals surface area contributed by atoms with Gasteiger partial charge in [-0.2, -0.15) is 9.97 Å². The molecular weight excluding hydrogens is 332 g/mol. The van der Waals surface area contributed by atoms with Crippen LogP contribution in [-0.2, 0) is 4.74 Å². The van der Waals surface area contributed by atoms with E-state index >= 15 is 0 Å². The van der Waals surface area contributed by atoms with Gasteiger partial charge in [-0.05, 0) is 12.1 Å². The molecule has 0 unspecified atom stereocenters. The molecule has 1 aromatic heterocycles. The quantitative estimate of drug-likeness (QED) is 0.512. The average Bonchev–Trinajstić information content (AvgIpc) is 2.65. The standard InChI is InChI=1S/C14H16N6O5/c1-23-10(21)8-6-4-5-7-9(8)15-12(22)20-19-11-16-13(24-2)18-14(17-11)25-3/h4-7H,1-3H3,(H2,15,20,22)(H,16,17,18,19). The molecule has 0 atom stereocenters. The number of esters is 1. The Morgan fingerprint density at radius 1 is 0.960 bits per heavy atom. The number of nitrogens with zero attached hydrogens (tertiary/aromatic N) is 3. The van der Waals surface area contributed by atoms with E-state index in [-0.39, 0.29) is 29.2 Å². The molecule has 1 aromatic carbocycles. The van der Waals surface area contributed by atoms with Crippen molar-refractivity contribution in [3.63, 3.8) is 0 Å². The number of carbonyl (C=O) groups is 2. The number of carbonyl (C=O) groups excluding carboxylic acids is 2. The number of hydrogen-bond acceptors (Lipinski definition) is 9. The maximum absolute atomic E-state index is 12.0. The Morgan fingerprint density at radius 3 is 2.20 bits per heavy atom. The lowest BCUT2D eigenvalue weighted by Crippen LogP contribution is -2.34. The van der Waals surface area contributed by atoms with Gasteiger partial charge in [0.25, 0.3) is 5.95 Å². The third-order valence-electron chi connectivity index (χ3n) is 2.83. The molecule has 0 aliphatic carbocycles. The fraction of sp³-hybridized carbons (Fsp3) is 0.214. The molecule has 2 amide bonds. The van der Waals surface area contributed by atoms with Crippen LogP contribution in [0.2, 0.25) is 0 Å². The van der Waals surface area contributed by atoms with Crippen LogP contribution in [0.25, 0.3) is 0 Å². The van der Waals surface area contributed by atoms with E-state index in [1.54, 1.807) is 18.2 Å². The number of nitrogens with one attached hydrogen (secondary N) is 3. The predicted molar refractivity (Wildman–Crippen MR) is 86.5 cm³/mol. The fourth-order valence-electron chi connectivity index (χ4n) is 1.72. The van der Waals surface area contributed by atoms with Crippen molar-refractivity contribution in [1.29, 1.82) is 0 Å². The molecule has 0 fully saturated rings. The van der Waals surface area contributed by atoms with Crippen LogP contribution < -0.4 is 25.6 Å². The minimum atomic E-state index is -0.658. The van der Waals surface area contributed by atoms with Crippen molar-refractivity contribution in [3.8, 4) is 12.0 Å². The highest BCUT2D eigenvalue weighted by molar-refractivity contribution is 6.00. The van der Waals surface area contributed by atoms with Gasteiger partial charge >= 0.3 is 24.0 Å². The highest BCUT2D eigenvalue weighted by Gasteiger charge is 2.13. The minimum Gasteiger partial charge on any atom is -0.467 e. The Hall–Kier alpha value is -3.63. The van der Waals surface area contributed by atoms with Gasteiger partial charge in [-0.15, -0.1) is 4.98 Å². The van der Waals surface area contributed by atoms with E-state index in [1.165, 1.54) is 27.4 Å². The summed E-state index contributed by atoms with van der Waals surface area (Å²) >= 11 is 0. The Labute approximate surface area is 142 Å². The van der Waals surface area contributed by atoms with Crippen molar-refractivity contribution in [3.05, 3.63) is 29.8 Å². The van der Waals surface area contributed by atoms with E-state index in [1.807, 2.05) is 0 Å². The van der Waals surface area contributed by atoms with Crippen LogP contribution in [0, 0.1) is 0 Å². The first-order chi connectivity index (χ1) is 12.1. The molecule has 0 aliphatic heterocycles. The summed E-state index contributed by atoms with van der Waals surface area (Å²) in [5.41, 5.74) is 5.28. The third kappa shape index (κ3) is 4.67. The Morgan fingerprint density at radius 2 is 1.60 bits per heavy atom. The van der Waals surface area contributed by atoms with Gasteiger partial charge in [-0.1, -0.05) is 12.1 Å². The van der Waals surface area contributed by atoms with Crippen LogP contribution in [0.15, 0.2) is 24.3 Å². The van der Waals surface area contributed by atoms with Crippen molar-refractivity contribution >= 4 is 23.6 Å². The summed E-state index contributed by atoms with van der Waals surface area (Å²) in [5, 5.41) is 2.51. The summed E-state index contributed by atoms with van der Waals surface area (Å²) < 4.78 is 14.4. The molecule has 25 heavy (non-hydrogen) atoms. The van der Waals surface area contributed by atoms with Crippen molar-refractivity contribution in [2.45, 2.75) is 0 Å². The largest absolute Gasteiger partial charge is 0.467 e. The van der Waals surface area contributed by atoms with Gasteiger partial charge in [0, 0.05) is 0 Å². The minimum absolute atomic E-state index is 0.0000954. The Kier molecular flexibility index (Phi) is 5.87. The molecule has 0 bridgehead atoms. The van der Waals surface area contributed by atoms with Gasteiger partial charge in [-0.25, -0.2) is 15.0 Å². The first kappa shape index (κ1) is 17.7. The van der Waals surface area contributed by atoms with Crippen LogP contribution in [0.5, 0.6) is 12.0 Å². The Balaban J connectivity index is 2.03. The number of rotatable bonds is 6. The van der Waals surface area contributed by atoms with Crippen molar-refractivity contribution < 1.29 is 23.8 Å². The van der Waals surface area contributed by atoms with Gasteiger partial charge in [0.2, 0.25) is 0 Å². The number of ether oxygens (including phenoxy) is 3. The molecule has 0 radical (unpaired) electrons. The number of aromatic nitrogens is 3. The van der Waals surface area contributed by atoms with Gasteiger partial charge in [-0.3, -0.25) is 5.43 Å². The van der Waals surface area contributed by atoms with E-state index in [4.69, 9.17) is 9.47 Å². The summed E-state index contributed by atoms with van der Waals surface area (Å²) in [7, 11) is 4.01. The normalized spacial score (nSPS) is 9.72. The summed E-state index contributed by atoms with van der Waals surface area (Å²) in [6.45, 7) is 0. The average molecular weight is 348 g/mol. The molecule has 2 rings (SSSR count). The maximum atomic E-state index is 12.0. The smallest absolute Gasteiger partial charge is 0.339 e. The van der Waals surface area contributed by atoms with Crippen molar-refractivity contribution in [2.75, 3.05) is 32.1 Å². The number of benzene rings is 1. The number of urea groups is 1. The zero-order chi connectivity index (χ0) is 18.2. The van der Waals surface area contributed by atoms with Crippen molar-refractivity contribution in [1.82, 2.24) is 20.4 Å². The third-order valence-corrected chi connectivity index (χ3v) is 2.83. The molecule has 1 heterocycles. The second kappa shape index (κ2) is 8.29. The molecule has 132 valence electrons. The number of amides is 2. The van der Waals surface area contributed by atoms with E-state index in [9.17, 15) is 9.59 Å². The van der Waals surface area contributed by atoms with E-state index in [0.29, 0.717) is 0 Å². The number of methoxy groups -OCH3 is 3. The zero-order valence-corrected chi connectivity index (χ0v) is 13.7. The SMILES string of the molecule is COC(=O)c1ccccc1NC(=O)NNc1nc(OC)nc(OC)n1. The highest BCUT2D eigenvalue weighted by atomic mass is 16.5. The van der Waals surface area contributed by atoms with Crippen LogP contribution in [-0.4, -0.2) is 48.3 Å². The number of hydrogen-bond donors (Lipinski definition) is 3. The molecule has 0 saturated carbocycles. The van der Waals surface area contributed by atoms with E-state index in [0.717, 1.165) is 0 Å². The fourth-order valence-corrected chi connectivity index (χ4v) is 1.72. The first-order valence-corrected chi connectivity index (χ1v) is 6.91. The van der Waals surface area contributed by atoms with Gasteiger partial charge < -0.3 is 19.5 Å². The summed E-state index contributed by atoms with van der Waals surface area (Å²) in [6.07, 6.45) is 0. The number of anilines is 2. The zero-order valence-electron chi connectivity index (χ0n) is 13.7. The van der Waals surface area contributed by atoms with Crippen LogP contribution in [0.4, 0.5) is 16.4 Å². The van der Waals surface area contributed by atoms with E-state index < -0.39 is 12.0 Å². The lowest BCUT2D eigenvalue weighted by molar-refractivity contribution is 0.0602. The second-order valence-corrected chi connectivity index (χ2v) is 4.37. The first-order valence-electron chi connectivity index (χ1n) is 6.91. The Bertz CT molecular complexity index is 747. The van der Waals surface area contributed by atoms with Gasteiger partial charge in [0.1, 0.15) is 0 Å². The topological polar surface area (TPSA) is 137 Å². The number of hydrazine groups is 1. The molecule has 3 N–H and O–H groups in total. The highest BCUT2D eigenvalue weighted by Crippen LogP contribution is 2.16. The molecule has 0 aliphatic rings. The molecular formula is C14H16N6O5. The lowest BCUT2D eigenvalue weighted by atomic mass is 10.2. The monoisotopic (exact) mass is 348 g/mol. The summed E-state index contributed by atoms with van der Waals surface area (Å²) in [5.74, 6) is -0.573. The predicted octanol–water partition coefficient (Wildman–Crippen LogP) is 0.824. The molecule has 11 heteroatoms. The number of para-hydroxylation sites is 1. The molecule has 0 spiro atoms.